The van der Waals surface area contributed by atoms with E-state index in [1.54, 1.807) is 0 Å². The molecule has 1 heterocycles. The van der Waals surface area contributed by atoms with Crippen molar-refractivity contribution < 1.29 is 14.6 Å². The van der Waals surface area contributed by atoms with Crippen molar-refractivity contribution in [3.63, 3.8) is 0 Å². The highest BCUT2D eigenvalue weighted by atomic mass is 16.5. The number of nitrogens with zero attached hydrogens (tertiary/aromatic N) is 3. The van der Waals surface area contributed by atoms with Crippen molar-refractivity contribution >= 4 is 5.97 Å². The van der Waals surface area contributed by atoms with E-state index in [0.717, 1.165) is 0 Å². The van der Waals surface area contributed by atoms with Crippen LogP contribution in [0.25, 0.3) is 0 Å². The molecule has 0 fully saturated rings. The number of carbonyl (C=O) groups is 1. The van der Waals surface area contributed by atoms with Gasteiger partial charge in [-0.3, -0.25) is 4.79 Å². The Morgan fingerprint density at radius 2 is 2.50 bits per heavy atom. The standard InChI is InChI=1S/C8H13N3O3/c1-3-11-8(9-5-10-11)6(12)4-7(13)14-2/h5-6,12H,3-4H2,1-2H3/t6-/m0/s1. The highest BCUT2D eigenvalue weighted by Gasteiger charge is 2.18. The van der Waals surface area contributed by atoms with Crippen LogP contribution in [0.1, 0.15) is 25.3 Å². The predicted octanol–water partition coefficient (Wildman–Crippen LogP) is -0.106. The fourth-order valence-corrected chi connectivity index (χ4v) is 1.11. The van der Waals surface area contributed by atoms with Crippen molar-refractivity contribution in [2.24, 2.45) is 0 Å². The number of hydrogen-bond acceptors (Lipinski definition) is 5. The maximum absolute atomic E-state index is 10.9. The molecule has 1 aromatic heterocycles. The van der Waals surface area contributed by atoms with Crippen LogP contribution in [0.15, 0.2) is 6.33 Å². The minimum Gasteiger partial charge on any atom is -0.469 e. The topological polar surface area (TPSA) is 77.2 Å². The summed E-state index contributed by atoms with van der Waals surface area (Å²) in [5, 5.41) is 13.5. The molecule has 1 atom stereocenters. The fraction of sp³-hybridized carbons (Fsp3) is 0.625. The Kier molecular flexibility index (Phi) is 3.58. The van der Waals surface area contributed by atoms with Gasteiger partial charge in [0.05, 0.1) is 13.5 Å². The number of aromatic nitrogens is 3. The number of methoxy groups -OCH3 is 1. The molecule has 6 heteroatoms. The molecule has 0 aliphatic rings. The Balaban J connectivity index is 2.68. The molecular weight excluding hydrogens is 186 g/mol. The average molecular weight is 199 g/mol. The highest BCUT2D eigenvalue weighted by Crippen LogP contribution is 2.13. The van der Waals surface area contributed by atoms with E-state index in [1.807, 2.05) is 6.92 Å². The second-order valence-electron chi connectivity index (χ2n) is 2.73. The molecule has 0 amide bonds. The Hall–Kier alpha value is -1.43. The lowest BCUT2D eigenvalue weighted by atomic mass is 10.2. The third-order valence-electron chi connectivity index (χ3n) is 1.83. The van der Waals surface area contributed by atoms with E-state index in [-0.39, 0.29) is 6.42 Å². The second-order valence-corrected chi connectivity index (χ2v) is 2.73. The van der Waals surface area contributed by atoms with Crippen LogP contribution in [0.5, 0.6) is 0 Å². The molecule has 78 valence electrons. The van der Waals surface area contributed by atoms with Crippen LogP contribution in [0, 0.1) is 0 Å². The molecule has 0 saturated heterocycles. The second kappa shape index (κ2) is 4.71. The average Bonchev–Trinajstić information content (AvgIpc) is 2.65. The summed E-state index contributed by atoms with van der Waals surface area (Å²) in [4.78, 5) is 14.7. The molecule has 0 unspecified atom stereocenters. The molecule has 6 nitrogen and oxygen atoms in total. The molecule has 0 spiro atoms. The Morgan fingerprint density at radius 3 is 3.07 bits per heavy atom. The number of rotatable bonds is 4. The molecule has 0 saturated carbocycles. The van der Waals surface area contributed by atoms with Crippen molar-refractivity contribution in [1.82, 2.24) is 14.8 Å². The number of carbonyl (C=O) groups excluding carboxylic acids is 1. The quantitative estimate of drug-likeness (QED) is 0.685. The molecule has 1 rings (SSSR count). The normalized spacial score (nSPS) is 12.5. The third kappa shape index (κ3) is 2.29. The molecule has 1 aromatic rings. The van der Waals surface area contributed by atoms with Crippen LogP contribution in [0.3, 0.4) is 0 Å². The predicted molar refractivity (Wildman–Crippen MR) is 47.3 cm³/mol. The van der Waals surface area contributed by atoms with Gasteiger partial charge in [-0.15, -0.1) is 0 Å². The van der Waals surface area contributed by atoms with Gasteiger partial charge in [0.15, 0.2) is 5.82 Å². The molecule has 0 aliphatic carbocycles. The van der Waals surface area contributed by atoms with Crippen molar-refractivity contribution in [2.75, 3.05) is 7.11 Å². The zero-order chi connectivity index (χ0) is 10.6. The Morgan fingerprint density at radius 1 is 1.79 bits per heavy atom. The van der Waals surface area contributed by atoms with Gasteiger partial charge >= 0.3 is 5.97 Å². The van der Waals surface area contributed by atoms with Gasteiger partial charge in [-0.05, 0) is 6.92 Å². The van der Waals surface area contributed by atoms with Gasteiger partial charge in [-0.1, -0.05) is 0 Å². The zero-order valence-electron chi connectivity index (χ0n) is 8.17. The summed E-state index contributed by atoms with van der Waals surface area (Å²) in [6, 6.07) is 0. The van der Waals surface area contributed by atoms with Gasteiger partial charge in [-0.2, -0.15) is 5.10 Å². The molecule has 0 radical (unpaired) electrons. The maximum Gasteiger partial charge on any atom is 0.308 e. The summed E-state index contributed by atoms with van der Waals surface area (Å²) in [6.07, 6.45) is 0.291. The Labute approximate surface area is 81.5 Å². The first kappa shape index (κ1) is 10.6. The highest BCUT2D eigenvalue weighted by molar-refractivity contribution is 5.69. The minimum atomic E-state index is -0.954. The number of esters is 1. The van der Waals surface area contributed by atoms with Gasteiger partial charge in [0.1, 0.15) is 12.4 Å². The lowest BCUT2D eigenvalue weighted by molar-refractivity contribution is -0.143. The van der Waals surface area contributed by atoms with Gasteiger partial charge in [0, 0.05) is 6.54 Å². The van der Waals surface area contributed by atoms with Crippen LogP contribution in [-0.4, -0.2) is 33.0 Å². The van der Waals surface area contributed by atoms with E-state index in [0.29, 0.717) is 12.4 Å². The van der Waals surface area contributed by atoms with E-state index in [2.05, 4.69) is 14.8 Å². The van der Waals surface area contributed by atoms with E-state index in [1.165, 1.54) is 18.1 Å². The van der Waals surface area contributed by atoms with Crippen LogP contribution in [-0.2, 0) is 16.1 Å². The van der Waals surface area contributed by atoms with Crippen molar-refractivity contribution in [3.05, 3.63) is 12.2 Å². The lowest BCUT2D eigenvalue weighted by Gasteiger charge is -2.08. The smallest absolute Gasteiger partial charge is 0.308 e. The summed E-state index contributed by atoms with van der Waals surface area (Å²) in [5.74, 6) is -0.0824. The van der Waals surface area contributed by atoms with Crippen molar-refractivity contribution in [3.8, 4) is 0 Å². The van der Waals surface area contributed by atoms with Crippen molar-refractivity contribution in [1.29, 1.82) is 0 Å². The van der Waals surface area contributed by atoms with E-state index in [4.69, 9.17) is 0 Å². The van der Waals surface area contributed by atoms with Crippen LogP contribution in [0.2, 0.25) is 0 Å². The fourth-order valence-electron chi connectivity index (χ4n) is 1.11. The van der Waals surface area contributed by atoms with E-state index >= 15 is 0 Å². The molecule has 0 bridgehead atoms. The summed E-state index contributed by atoms with van der Waals surface area (Å²) in [5.41, 5.74) is 0. The molecule has 0 aliphatic heterocycles. The maximum atomic E-state index is 10.9. The number of aliphatic hydroxyl groups excluding tert-OH is 1. The first-order valence-electron chi connectivity index (χ1n) is 4.31. The first-order chi connectivity index (χ1) is 6.69. The molecule has 1 N–H and O–H groups in total. The number of ether oxygens (including phenoxy) is 1. The minimum absolute atomic E-state index is 0.102. The number of hydrogen-bond donors (Lipinski definition) is 1. The van der Waals surface area contributed by atoms with Crippen LogP contribution < -0.4 is 0 Å². The first-order valence-corrected chi connectivity index (χ1v) is 4.31. The lowest BCUT2D eigenvalue weighted by Crippen LogP contribution is -2.13. The molecule has 14 heavy (non-hydrogen) atoms. The Bertz CT molecular complexity index is 311. The summed E-state index contributed by atoms with van der Waals surface area (Å²) < 4.78 is 5.97. The largest absolute Gasteiger partial charge is 0.469 e. The van der Waals surface area contributed by atoms with E-state index in [9.17, 15) is 9.90 Å². The molecule has 0 aromatic carbocycles. The summed E-state index contributed by atoms with van der Waals surface area (Å²) >= 11 is 0. The summed E-state index contributed by atoms with van der Waals surface area (Å²) in [6.45, 7) is 2.48. The van der Waals surface area contributed by atoms with E-state index < -0.39 is 12.1 Å². The zero-order valence-corrected chi connectivity index (χ0v) is 8.17. The molecular formula is C8H13N3O3. The number of aryl methyl sites for hydroxylation is 1. The van der Waals surface area contributed by atoms with Gasteiger partial charge in [-0.25, -0.2) is 9.67 Å². The van der Waals surface area contributed by atoms with Gasteiger partial charge < -0.3 is 9.84 Å². The van der Waals surface area contributed by atoms with Crippen LogP contribution in [0.4, 0.5) is 0 Å². The monoisotopic (exact) mass is 199 g/mol. The SMILES string of the molecule is CCn1ncnc1[C@@H](O)CC(=O)OC. The van der Waals surface area contributed by atoms with Gasteiger partial charge in [0.25, 0.3) is 0 Å². The van der Waals surface area contributed by atoms with Crippen molar-refractivity contribution in [2.45, 2.75) is 26.0 Å². The van der Waals surface area contributed by atoms with Gasteiger partial charge in [0.2, 0.25) is 0 Å². The number of aliphatic hydroxyl groups is 1. The third-order valence-corrected chi connectivity index (χ3v) is 1.83. The van der Waals surface area contributed by atoms with Crippen LogP contribution >= 0.6 is 0 Å². The summed E-state index contributed by atoms with van der Waals surface area (Å²) in [7, 11) is 1.28.